The maximum atomic E-state index is 4.98. The molecule has 0 spiro atoms. The smallest absolute Gasteiger partial charge is 0.0950 e. The largest absolute Gasteiger partial charge is 0.472 e. The molecule has 1 heterocycles. The van der Waals surface area contributed by atoms with Crippen LogP contribution >= 0.6 is 0 Å². The number of rotatable bonds is 3. The van der Waals surface area contributed by atoms with Gasteiger partial charge in [-0.1, -0.05) is 13.8 Å². The Hall–Kier alpha value is -0.760. The molecular formula is C9H15NO. The summed E-state index contributed by atoms with van der Waals surface area (Å²) in [6, 6.07) is 2.88. The van der Waals surface area contributed by atoms with Crippen molar-refractivity contribution in [2.24, 2.45) is 0 Å². The first-order chi connectivity index (χ1) is 5.20. The van der Waals surface area contributed by atoms with Gasteiger partial charge in [0.2, 0.25) is 0 Å². The fraction of sp³-hybridized carbons (Fsp3) is 0.556. The molecule has 0 fully saturated rings. The first kappa shape index (κ1) is 8.34. The van der Waals surface area contributed by atoms with Crippen LogP contribution < -0.4 is 5.32 Å². The van der Waals surface area contributed by atoms with Crippen molar-refractivity contribution in [2.75, 3.05) is 0 Å². The second-order valence-electron chi connectivity index (χ2n) is 3.10. The zero-order valence-corrected chi connectivity index (χ0v) is 7.29. The number of furan rings is 1. The van der Waals surface area contributed by atoms with Crippen LogP contribution in [-0.4, -0.2) is 6.04 Å². The number of hydrogen-bond acceptors (Lipinski definition) is 2. The van der Waals surface area contributed by atoms with E-state index in [2.05, 4.69) is 26.1 Å². The van der Waals surface area contributed by atoms with E-state index in [1.807, 2.05) is 6.07 Å². The number of hydrogen-bond donors (Lipinski definition) is 1. The fourth-order valence-corrected chi connectivity index (χ4v) is 1.12. The predicted octanol–water partition coefficient (Wildman–Crippen LogP) is 2.34. The van der Waals surface area contributed by atoms with Crippen molar-refractivity contribution < 1.29 is 4.42 Å². The Morgan fingerprint density at radius 2 is 2.09 bits per heavy atom. The van der Waals surface area contributed by atoms with E-state index in [1.165, 1.54) is 5.56 Å². The SMILES string of the molecule is CC(C)NC(C)c1ccoc1. The Kier molecular flexibility index (Phi) is 2.71. The average molecular weight is 153 g/mol. The molecule has 2 nitrogen and oxygen atoms in total. The van der Waals surface area contributed by atoms with E-state index in [9.17, 15) is 0 Å². The zero-order valence-electron chi connectivity index (χ0n) is 7.29. The van der Waals surface area contributed by atoms with Gasteiger partial charge in [-0.3, -0.25) is 0 Å². The molecule has 62 valence electrons. The molecule has 1 rings (SSSR count). The Labute approximate surface area is 67.6 Å². The Morgan fingerprint density at radius 3 is 2.55 bits per heavy atom. The topological polar surface area (TPSA) is 25.2 Å². The molecule has 2 heteroatoms. The van der Waals surface area contributed by atoms with E-state index in [0.29, 0.717) is 12.1 Å². The van der Waals surface area contributed by atoms with Crippen LogP contribution in [0.25, 0.3) is 0 Å². The van der Waals surface area contributed by atoms with Gasteiger partial charge in [-0.25, -0.2) is 0 Å². The van der Waals surface area contributed by atoms with Gasteiger partial charge in [-0.15, -0.1) is 0 Å². The van der Waals surface area contributed by atoms with Crippen molar-refractivity contribution in [3.8, 4) is 0 Å². The van der Waals surface area contributed by atoms with Gasteiger partial charge in [0.25, 0.3) is 0 Å². The van der Waals surface area contributed by atoms with Crippen LogP contribution in [0.2, 0.25) is 0 Å². The van der Waals surface area contributed by atoms with Crippen molar-refractivity contribution >= 4 is 0 Å². The van der Waals surface area contributed by atoms with Gasteiger partial charge in [0, 0.05) is 17.6 Å². The highest BCUT2D eigenvalue weighted by atomic mass is 16.3. The maximum Gasteiger partial charge on any atom is 0.0950 e. The second-order valence-corrected chi connectivity index (χ2v) is 3.10. The molecule has 0 radical (unpaired) electrons. The maximum absolute atomic E-state index is 4.98. The predicted molar refractivity (Wildman–Crippen MR) is 45.4 cm³/mol. The average Bonchev–Trinajstić information content (AvgIpc) is 2.35. The van der Waals surface area contributed by atoms with Crippen LogP contribution in [0.1, 0.15) is 32.4 Å². The van der Waals surface area contributed by atoms with Crippen LogP contribution in [0.5, 0.6) is 0 Å². The third-order valence-electron chi connectivity index (χ3n) is 1.63. The Balaban J connectivity index is 2.49. The second kappa shape index (κ2) is 3.58. The summed E-state index contributed by atoms with van der Waals surface area (Å²) in [5, 5.41) is 3.39. The van der Waals surface area contributed by atoms with Gasteiger partial charge in [-0.05, 0) is 13.0 Å². The molecule has 0 amide bonds. The van der Waals surface area contributed by atoms with Crippen LogP contribution in [-0.2, 0) is 0 Å². The van der Waals surface area contributed by atoms with Crippen LogP contribution in [0.4, 0.5) is 0 Å². The summed E-state index contributed by atoms with van der Waals surface area (Å²) in [5.41, 5.74) is 1.21. The monoisotopic (exact) mass is 153 g/mol. The van der Waals surface area contributed by atoms with E-state index in [4.69, 9.17) is 4.42 Å². The van der Waals surface area contributed by atoms with Crippen molar-refractivity contribution in [3.63, 3.8) is 0 Å². The molecule has 1 atom stereocenters. The molecule has 1 unspecified atom stereocenters. The van der Waals surface area contributed by atoms with Crippen molar-refractivity contribution in [2.45, 2.75) is 32.9 Å². The lowest BCUT2D eigenvalue weighted by Crippen LogP contribution is -2.25. The summed E-state index contributed by atoms with van der Waals surface area (Å²) in [6.45, 7) is 6.40. The summed E-state index contributed by atoms with van der Waals surface area (Å²) in [4.78, 5) is 0. The highest BCUT2D eigenvalue weighted by Crippen LogP contribution is 2.12. The molecule has 0 saturated heterocycles. The quantitative estimate of drug-likeness (QED) is 0.721. The minimum Gasteiger partial charge on any atom is -0.472 e. The molecule has 1 aromatic rings. The van der Waals surface area contributed by atoms with Gasteiger partial charge in [0.05, 0.1) is 12.5 Å². The lowest BCUT2D eigenvalue weighted by molar-refractivity contribution is 0.496. The molecule has 0 saturated carbocycles. The summed E-state index contributed by atoms with van der Waals surface area (Å²) < 4.78 is 4.98. The highest BCUT2D eigenvalue weighted by molar-refractivity contribution is 5.10. The summed E-state index contributed by atoms with van der Waals surface area (Å²) in [5.74, 6) is 0. The third-order valence-corrected chi connectivity index (χ3v) is 1.63. The minimum atomic E-state index is 0.383. The minimum absolute atomic E-state index is 0.383. The van der Waals surface area contributed by atoms with E-state index < -0.39 is 0 Å². The molecule has 1 N–H and O–H groups in total. The standard InChI is InChI=1S/C9H15NO/c1-7(2)10-8(3)9-4-5-11-6-9/h4-8,10H,1-3H3. The third kappa shape index (κ3) is 2.39. The van der Waals surface area contributed by atoms with Gasteiger partial charge < -0.3 is 9.73 Å². The van der Waals surface area contributed by atoms with Crippen LogP contribution in [0.3, 0.4) is 0 Å². The van der Waals surface area contributed by atoms with Crippen molar-refractivity contribution in [1.82, 2.24) is 5.32 Å². The Bertz CT molecular complexity index is 191. The molecule has 0 bridgehead atoms. The van der Waals surface area contributed by atoms with Gasteiger partial charge in [-0.2, -0.15) is 0 Å². The van der Waals surface area contributed by atoms with Crippen LogP contribution in [0.15, 0.2) is 23.0 Å². The first-order valence-corrected chi connectivity index (χ1v) is 3.98. The van der Waals surface area contributed by atoms with E-state index >= 15 is 0 Å². The highest BCUT2D eigenvalue weighted by Gasteiger charge is 2.06. The lowest BCUT2D eigenvalue weighted by Gasteiger charge is -2.14. The molecule has 11 heavy (non-hydrogen) atoms. The molecule has 1 aromatic heterocycles. The molecule has 0 aliphatic rings. The summed E-state index contributed by atoms with van der Waals surface area (Å²) in [6.07, 6.45) is 3.48. The lowest BCUT2D eigenvalue weighted by atomic mass is 10.1. The molecule has 0 aromatic carbocycles. The van der Waals surface area contributed by atoms with Gasteiger partial charge in [0.1, 0.15) is 0 Å². The first-order valence-electron chi connectivity index (χ1n) is 3.98. The van der Waals surface area contributed by atoms with Gasteiger partial charge >= 0.3 is 0 Å². The van der Waals surface area contributed by atoms with E-state index in [-0.39, 0.29) is 0 Å². The summed E-state index contributed by atoms with van der Waals surface area (Å²) in [7, 11) is 0. The fourth-order valence-electron chi connectivity index (χ4n) is 1.12. The van der Waals surface area contributed by atoms with Crippen molar-refractivity contribution in [3.05, 3.63) is 24.2 Å². The van der Waals surface area contributed by atoms with Gasteiger partial charge in [0.15, 0.2) is 0 Å². The molecular weight excluding hydrogens is 138 g/mol. The van der Waals surface area contributed by atoms with Crippen molar-refractivity contribution in [1.29, 1.82) is 0 Å². The van der Waals surface area contributed by atoms with Crippen LogP contribution in [0, 0.1) is 0 Å². The van der Waals surface area contributed by atoms with E-state index in [1.54, 1.807) is 12.5 Å². The zero-order chi connectivity index (χ0) is 8.27. The normalized spacial score (nSPS) is 13.8. The molecule has 0 aliphatic carbocycles. The number of nitrogens with one attached hydrogen (secondary N) is 1. The molecule has 0 aliphatic heterocycles. The summed E-state index contributed by atoms with van der Waals surface area (Å²) >= 11 is 0. The van der Waals surface area contributed by atoms with E-state index in [0.717, 1.165) is 0 Å². The Morgan fingerprint density at radius 1 is 1.36 bits per heavy atom.